The summed E-state index contributed by atoms with van der Waals surface area (Å²) in [5, 5.41) is 3.39. The smallest absolute Gasteiger partial charge is 0.259 e. The first kappa shape index (κ1) is 15.2. The molecule has 0 aromatic carbocycles. The quantitative estimate of drug-likeness (QED) is 0.839. The molecule has 7 heteroatoms. The topological polar surface area (TPSA) is 98.2 Å². The van der Waals surface area contributed by atoms with Gasteiger partial charge < -0.3 is 15.6 Å². The number of amidine groups is 1. The minimum atomic E-state index is -0.260. The number of hydrogen-bond donors (Lipinski definition) is 2. The van der Waals surface area contributed by atoms with E-state index in [-0.39, 0.29) is 11.4 Å². The van der Waals surface area contributed by atoms with E-state index in [2.05, 4.69) is 20.3 Å². The van der Waals surface area contributed by atoms with Crippen molar-refractivity contribution in [3.8, 4) is 0 Å². The van der Waals surface area contributed by atoms with Crippen LogP contribution in [0.5, 0.6) is 0 Å². The number of nitrogens with zero attached hydrogens (tertiary/aromatic N) is 4. The molecule has 7 nitrogen and oxygen atoms in total. The van der Waals surface area contributed by atoms with Gasteiger partial charge >= 0.3 is 0 Å². The molecule has 23 heavy (non-hydrogen) atoms. The molecular formula is C16H20N6O. The summed E-state index contributed by atoms with van der Waals surface area (Å²) in [5.74, 6) is 0.604. The van der Waals surface area contributed by atoms with E-state index in [1.807, 2.05) is 38.3 Å². The fraction of sp³-hybridized carbons (Fsp3) is 0.375. The summed E-state index contributed by atoms with van der Waals surface area (Å²) < 4.78 is 1.94. The number of aliphatic imine (C=N–C) groups is 1. The van der Waals surface area contributed by atoms with Crippen molar-refractivity contribution >= 4 is 28.6 Å². The summed E-state index contributed by atoms with van der Waals surface area (Å²) in [5.41, 5.74) is 7.97. The van der Waals surface area contributed by atoms with E-state index >= 15 is 0 Å². The monoisotopic (exact) mass is 312 g/mol. The highest BCUT2D eigenvalue weighted by Gasteiger charge is 2.25. The second-order valence-corrected chi connectivity index (χ2v) is 6.69. The van der Waals surface area contributed by atoms with Crippen LogP contribution in [0.3, 0.4) is 0 Å². The van der Waals surface area contributed by atoms with Gasteiger partial charge in [0.2, 0.25) is 0 Å². The first-order valence-corrected chi connectivity index (χ1v) is 7.42. The van der Waals surface area contributed by atoms with E-state index in [1.54, 1.807) is 6.20 Å². The Kier molecular flexibility index (Phi) is 3.43. The number of aromatic nitrogens is 3. The molecule has 2 aromatic rings. The van der Waals surface area contributed by atoms with Gasteiger partial charge in [0.15, 0.2) is 0 Å². The van der Waals surface area contributed by atoms with Crippen molar-refractivity contribution in [3.05, 3.63) is 29.7 Å². The molecule has 0 saturated heterocycles. The van der Waals surface area contributed by atoms with Crippen LogP contribution in [-0.2, 0) is 5.54 Å². The highest BCUT2D eigenvalue weighted by molar-refractivity contribution is 6.17. The minimum absolute atomic E-state index is 0.237. The third-order valence-corrected chi connectivity index (χ3v) is 3.70. The van der Waals surface area contributed by atoms with Gasteiger partial charge in [-0.15, -0.1) is 0 Å². The molecule has 3 rings (SSSR count). The van der Waals surface area contributed by atoms with Gasteiger partial charge in [-0.25, -0.2) is 9.97 Å². The SMILES string of the molecule is CC1=CC(NC(=O)c2cn(C(C)(C)C)c3ncnc(N)c23)=NC1. The summed E-state index contributed by atoms with van der Waals surface area (Å²) in [6.07, 6.45) is 5.05. The summed E-state index contributed by atoms with van der Waals surface area (Å²) in [4.78, 5) is 25.3. The van der Waals surface area contributed by atoms with Gasteiger partial charge in [0.25, 0.3) is 5.91 Å². The predicted octanol–water partition coefficient (Wildman–Crippen LogP) is 1.86. The molecule has 0 aliphatic carbocycles. The van der Waals surface area contributed by atoms with E-state index in [0.29, 0.717) is 34.8 Å². The number of nitrogens with one attached hydrogen (secondary N) is 1. The predicted molar refractivity (Wildman–Crippen MR) is 90.5 cm³/mol. The summed E-state index contributed by atoms with van der Waals surface area (Å²) >= 11 is 0. The van der Waals surface area contributed by atoms with Crippen LogP contribution in [0.2, 0.25) is 0 Å². The maximum Gasteiger partial charge on any atom is 0.259 e. The molecule has 0 atom stereocenters. The number of amides is 1. The average molecular weight is 312 g/mol. The summed E-state index contributed by atoms with van der Waals surface area (Å²) in [6, 6.07) is 0. The van der Waals surface area contributed by atoms with Crippen LogP contribution in [0.25, 0.3) is 11.0 Å². The van der Waals surface area contributed by atoms with E-state index in [0.717, 1.165) is 5.57 Å². The zero-order valence-corrected chi connectivity index (χ0v) is 13.7. The van der Waals surface area contributed by atoms with E-state index in [1.165, 1.54) is 6.33 Å². The molecule has 0 spiro atoms. The van der Waals surface area contributed by atoms with E-state index in [4.69, 9.17) is 5.73 Å². The van der Waals surface area contributed by atoms with Gasteiger partial charge in [0, 0.05) is 11.7 Å². The number of fused-ring (bicyclic) bond motifs is 1. The van der Waals surface area contributed by atoms with Crippen molar-refractivity contribution in [2.75, 3.05) is 12.3 Å². The van der Waals surface area contributed by atoms with Crippen LogP contribution < -0.4 is 11.1 Å². The highest BCUT2D eigenvalue weighted by atomic mass is 16.1. The fourth-order valence-electron chi connectivity index (χ4n) is 2.56. The average Bonchev–Trinajstić information content (AvgIpc) is 3.03. The van der Waals surface area contributed by atoms with Crippen LogP contribution in [0.1, 0.15) is 38.1 Å². The largest absolute Gasteiger partial charge is 0.383 e. The van der Waals surface area contributed by atoms with Crippen molar-refractivity contribution < 1.29 is 4.79 Å². The molecule has 3 heterocycles. The van der Waals surface area contributed by atoms with Crippen molar-refractivity contribution in [1.29, 1.82) is 0 Å². The Morgan fingerprint density at radius 1 is 1.35 bits per heavy atom. The number of anilines is 1. The van der Waals surface area contributed by atoms with Crippen molar-refractivity contribution in [2.24, 2.45) is 4.99 Å². The van der Waals surface area contributed by atoms with E-state index < -0.39 is 0 Å². The van der Waals surface area contributed by atoms with Gasteiger partial charge in [-0.2, -0.15) is 0 Å². The van der Waals surface area contributed by atoms with Gasteiger partial charge in [-0.3, -0.25) is 9.79 Å². The van der Waals surface area contributed by atoms with Crippen molar-refractivity contribution in [2.45, 2.75) is 33.2 Å². The maximum atomic E-state index is 12.7. The number of nitrogen functional groups attached to an aromatic ring is 1. The van der Waals surface area contributed by atoms with Gasteiger partial charge in [0.1, 0.15) is 23.6 Å². The molecule has 0 radical (unpaired) electrons. The highest BCUT2D eigenvalue weighted by Crippen LogP contribution is 2.28. The normalized spacial score (nSPS) is 14.8. The standard InChI is InChI=1S/C16H20N6O/c1-9-5-11(18-6-9)21-15(23)10-7-22(16(2,3)4)14-12(10)13(17)19-8-20-14/h5,7-8H,6H2,1-4H3,(H2,17,19,20)(H,18,21,23). The molecule has 1 aliphatic rings. The molecule has 0 bridgehead atoms. The Bertz CT molecular complexity index is 853. The number of rotatable bonds is 1. The lowest BCUT2D eigenvalue weighted by Crippen LogP contribution is -2.28. The number of carbonyl (C=O) groups is 1. The zero-order valence-electron chi connectivity index (χ0n) is 13.7. The summed E-state index contributed by atoms with van der Waals surface area (Å²) in [6.45, 7) is 8.71. The molecule has 0 unspecified atom stereocenters. The number of hydrogen-bond acceptors (Lipinski definition) is 5. The maximum absolute atomic E-state index is 12.7. The van der Waals surface area contributed by atoms with Gasteiger partial charge in [-0.05, 0) is 39.3 Å². The van der Waals surface area contributed by atoms with Crippen molar-refractivity contribution in [1.82, 2.24) is 19.9 Å². The molecule has 1 aliphatic heterocycles. The Labute approximate surface area is 134 Å². The molecule has 2 aromatic heterocycles. The second kappa shape index (κ2) is 5.19. The van der Waals surface area contributed by atoms with Crippen LogP contribution in [0.15, 0.2) is 29.2 Å². The molecule has 3 N–H and O–H groups in total. The minimum Gasteiger partial charge on any atom is -0.383 e. The first-order chi connectivity index (χ1) is 10.8. The van der Waals surface area contributed by atoms with Crippen molar-refractivity contribution in [3.63, 3.8) is 0 Å². The lowest BCUT2D eigenvalue weighted by molar-refractivity contribution is 0.0978. The van der Waals surface area contributed by atoms with Gasteiger partial charge in [-0.1, -0.05) is 0 Å². The molecule has 1 amide bonds. The Morgan fingerprint density at radius 3 is 2.70 bits per heavy atom. The van der Waals surface area contributed by atoms with E-state index in [9.17, 15) is 4.79 Å². The lowest BCUT2D eigenvalue weighted by atomic mass is 10.1. The van der Waals surface area contributed by atoms with Crippen LogP contribution in [0, 0.1) is 0 Å². The Balaban J connectivity index is 2.09. The molecule has 0 saturated carbocycles. The number of carbonyl (C=O) groups excluding carboxylic acids is 1. The third kappa shape index (κ3) is 2.69. The lowest BCUT2D eigenvalue weighted by Gasteiger charge is -2.21. The summed E-state index contributed by atoms with van der Waals surface area (Å²) in [7, 11) is 0. The van der Waals surface area contributed by atoms with Crippen LogP contribution >= 0.6 is 0 Å². The molecule has 120 valence electrons. The number of nitrogens with two attached hydrogens (primary N) is 1. The molecular weight excluding hydrogens is 292 g/mol. The Morgan fingerprint density at radius 2 is 2.09 bits per heavy atom. The third-order valence-electron chi connectivity index (χ3n) is 3.70. The van der Waals surface area contributed by atoms with Gasteiger partial charge in [0.05, 0.1) is 17.5 Å². The second-order valence-electron chi connectivity index (χ2n) is 6.69. The fourth-order valence-corrected chi connectivity index (χ4v) is 2.56. The zero-order chi connectivity index (χ0) is 16.8. The first-order valence-electron chi connectivity index (χ1n) is 7.42. The van der Waals surface area contributed by atoms with Crippen LogP contribution in [-0.4, -0.2) is 32.8 Å². The molecule has 0 fully saturated rings. The Hall–Kier alpha value is -2.70. The van der Waals surface area contributed by atoms with Crippen LogP contribution in [0.4, 0.5) is 5.82 Å².